The highest BCUT2D eigenvalue weighted by Gasteiger charge is 2.03. The lowest BCUT2D eigenvalue weighted by atomic mass is 9.95. The zero-order valence-corrected chi connectivity index (χ0v) is 11.2. The molecule has 1 nitrogen and oxygen atoms in total. The molecule has 2 N–H and O–H groups in total. The Morgan fingerprint density at radius 1 is 0.889 bits per heavy atom. The molecule has 0 aliphatic rings. The van der Waals surface area contributed by atoms with E-state index in [1.807, 2.05) is 0 Å². The third kappa shape index (κ3) is 2.80. The van der Waals surface area contributed by atoms with Gasteiger partial charge in [0, 0.05) is 6.54 Å². The maximum Gasteiger partial charge on any atom is 0.0178 e. The van der Waals surface area contributed by atoms with Crippen LogP contribution in [0.4, 0.5) is 0 Å². The fourth-order valence-electron chi connectivity index (χ4n) is 2.07. The highest BCUT2D eigenvalue weighted by Crippen LogP contribution is 2.24. The van der Waals surface area contributed by atoms with Crippen molar-refractivity contribution in [1.82, 2.24) is 0 Å². The van der Waals surface area contributed by atoms with E-state index >= 15 is 0 Å². The standard InChI is InChI=1S/C17H21N/c1-3-13(2)15-8-10-17(11-9-15)16-6-4-14(12-18)5-7-16/h4-11,13H,3,12,18H2,1-2H3. The summed E-state index contributed by atoms with van der Waals surface area (Å²) < 4.78 is 0. The van der Waals surface area contributed by atoms with Crippen LogP contribution in [0.3, 0.4) is 0 Å². The summed E-state index contributed by atoms with van der Waals surface area (Å²) in [7, 11) is 0. The first-order valence-electron chi connectivity index (χ1n) is 6.64. The van der Waals surface area contributed by atoms with Crippen molar-refractivity contribution in [2.24, 2.45) is 5.73 Å². The Morgan fingerprint density at radius 2 is 1.39 bits per heavy atom. The summed E-state index contributed by atoms with van der Waals surface area (Å²) in [6.07, 6.45) is 1.19. The van der Waals surface area contributed by atoms with Gasteiger partial charge in [-0.3, -0.25) is 0 Å². The molecule has 0 amide bonds. The molecule has 1 heteroatoms. The molecule has 0 radical (unpaired) electrons. The SMILES string of the molecule is CCC(C)c1ccc(-c2ccc(CN)cc2)cc1. The van der Waals surface area contributed by atoms with E-state index in [9.17, 15) is 0 Å². The molecule has 0 saturated heterocycles. The summed E-state index contributed by atoms with van der Waals surface area (Å²) in [6, 6.07) is 17.4. The fourth-order valence-corrected chi connectivity index (χ4v) is 2.07. The Balaban J connectivity index is 2.22. The first-order valence-corrected chi connectivity index (χ1v) is 6.64. The van der Waals surface area contributed by atoms with Crippen molar-refractivity contribution in [3.8, 4) is 11.1 Å². The van der Waals surface area contributed by atoms with E-state index in [-0.39, 0.29) is 0 Å². The molecule has 94 valence electrons. The van der Waals surface area contributed by atoms with Crippen LogP contribution in [0.25, 0.3) is 11.1 Å². The van der Waals surface area contributed by atoms with Gasteiger partial charge < -0.3 is 5.73 Å². The molecular weight excluding hydrogens is 218 g/mol. The molecule has 0 aliphatic carbocycles. The predicted octanol–water partition coefficient (Wildman–Crippen LogP) is 4.33. The summed E-state index contributed by atoms with van der Waals surface area (Å²) >= 11 is 0. The molecule has 1 atom stereocenters. The van der Waals surface area contributed by atoms with E-state index in [4.69, 9.17) is 5.73 Å². The lowest BCUT2D eigenvalue weighted by Gasteiger charge is -2.10. The van der Waals surface area contributed by atoms with Crippen molar-refractivity contribution >= 4 is 0 Å². The average Bonchev–Trinajstić information content (AvgIpc) is 2.47. The second-order valence-corrected chi connectivity index (χ2v) is 4.83. The molecule has 0 spiro atoms. The first kappa shape index (κ1) is 12.8. The molecule has 2 aromatic carbocycles. The van der Waals surface area contributed by atoms with Gasteiger partial charge in [-0.25, -0.2) is 0 Å². The van der Waals surface area contributed by atoms with E-state index in [2.05, 4.69) is 62.4 Å². The molecular formula is C17H21N. The summed E-state index contributed by atoms with van der Waals surface area (Å²) in [5, 5.41) is 0. The Bertz CT molecular complexity index is 482. The first-order chi connectivity index (χ1) is 8.74. The van der Waals surface area contributed by atoms with E-state index in [0.717, 1.165) is 0 Å². The van der Waals surface area contributed by atoms with Gasteiger partial charge in [0.2, 0.25) is 0 Å². The minimum absolute atomic E-state index is 0.604. The van der Waals surface area contributed by atoms with Crippen molar-refractivity contribution in [1.29, 1.82) is 0 Å². The Hall–Kier alpha value is -1.60. The topological polar surface area (TPSA) is 26.0 Å². The maximum absolute atomic E-state index is 5.61. The maximum atomic E-state index is 5.61. The van der Waals surface area contributed by atoms with Gasteiger partial charge in [-0.15, -0.1) is 0 Å². The lowest BCUT2D eigenvalue weighted by molar-refractivity contribution is 0.734. The molecule has 0 fully saturated rings. The van der Waals surface area contributed by atoms with E-state index in [0.29, 0.717) is 12.5 Å². The Morgan fingerprint density at radius 3 is 1.83 bits per heavy atom. The summed E-state index contributed by atoms with van der Waals surface area (Å²) in [5.41, 5.74) is 10.7. The van der Waals surface area contributed by atoms with Crippen molar-refractivity contribution < 1.29 is 0 Å². The highest BCUT2D eigenvalue weighted by molar-refractivity contribution is 5.64. The van der Waals surface area contributed by atoms with Crippen LogP contribution >= 0.6 is 0 Å². The summed E-state index contributed by atoms with van der Waals surface area (Å²) in [6.45, 7) is 5.10. The van der Waals surface area contributed by atoms with Gasteiger partial charge in [0.1, 0.15) is 0 Å². The van der Waals surface area contributed by atoms with Crippen molar-refractivity contribution in [2.45, 2.75) is 32.7 Å². The van der Waals surface area contributed by atoms with Gasteiger partial charge in [0.15, 0.2) is 0 Å². The van der Waals surface area contributed by atoms with Crippen LogP contribution in [-0.4, -0.2) is 0 Å². The second kappa shape index (κ2) is 5.83. The van der Waals surface area contributed by atoms with Crippen LogP contribution in [0, 0.1) is 0 Å². The van der Waals surface area contributed by atoms with E-state index in [1.54, 1.807) is 0 Å². The van der Waals surface area contributed by atoms with Gasteiger partial charge in [0.25, 0.3) is 0 Å². The number of nitrogens with two attached hydrogens (primary N) is 1. The quantitative estimate of drug-likeness (QED) is 0.844. The molecule has 2 aromatic rings. The van der Waals surface area contributed by atoms with E-state index in [1.165, 1.54) is 28.7 Å². The van der Waals surface area contributed by atoms with Crippen LogP contribution < -0.4 is 5.73 Å². The highest BCUT2D eigenvalue weighted by atomic mass is 14.5. The van der Waals surface area contributed by atoms with Gasteiger partial charge in [0.05, 0.1) is 0 Å². The van der Waals surface area contributed by atoms with Crippen LogP contribution in [0.1, 0.15) is 37.3 Å². The van der Waals surface area contributed by atoms with Gasteiger partial charge >= 0.3 is 0 Å². The molecule has 18 heavy (non-hydrogen) atoms. The average molecular weight is 239 g/mol. The predicted molar refractivity (Wildman–Crippen MR) is 78.5 cm³/mol. The van der Waals surface area contributed by atoms with E-state index < -0.39 is 0 Å². The zero-order chi connectivity index (χ0) is 13.0. The normalized spacial score (nSPS) is 12.4. The number of hydrogen-bond acceptors (Lipinski definition) is 1. The van der Waals surface area contributed by atoms with Gasteiger partial charge in [-0.05, 0) is 34.6 Å². The molecule has 0 bridgehead atoms. The Kier molecular flexibility index (Phi) is 4.16. The minimum Gasteiger partial charge on any atom is -0.326 e. The molecule has 0 heterocycles. The third-order valence-corrected chi connectivity index (χ3v) is 3.62. The zero-order valence-electron chi connectivity index (χ0n) is 11.2. The van der Waals surface area contributed by atoms with Crippen LogP contribution in [0.2, 0.25) is 0 Å². The second-order valence-electron chi connectivity index (χ2n) is 4.83. The fraction of sp³-hybridized carbons (Fsp3) is 0.294. The molecule has 0 saturated carbocycles. The Labute approximate surface area is 110 Å². The van der Waals surface area contributed by atoms with Crippen molar-refractivity contribution in [3.05, 3.63) is 59.7 Å². The monoisotopic (exact) mass is 239 g/mol. The number of hydrogen-bond donors (Lipinski definition) is 1. The molecule has 2 rings (SSSR count). The number of benzene rings is 2. The summed E-state index contributed by atoms with van der Waals surface area (Å²) in [4.78, 5) is 0. The van der Waals surface area contributed by atoms with Crippen LogP contribution in [0.15, 0.2) is 48.5 Å². The molecule has 0 aliphatic heterocycles. The largest absolute Gasteiger partial charge is 0.326 e. The molecule has 1 unspecified atom stereocenters. The van der Waals surface area contributed by atoms with Gasteiger partial charge in [-0.2, -0.15) is 0 Å². The van der Waals surface area contributed by atoms with Crippen LogP contribution in [-0.2, 0) is 6.54 Å². The van der Waals surface area contributed by atoms with Crippen molar-refractivity contribution in [2.75, 3.05) is 0 Å². The smallest absolute Gasteiger partial charge is 0.0178 e. The van der Waals surface area contributed by atoms with Crippen molar-refractivity contribution in [3.63, 3.8) is 0 Å². The lowest BCUT2D eigenvalue weighted by Crippen LogP contribution is -1.95. The third-order valence-electron chi connectivity index (χ3n) is 3.62. The summed E-state index contributed by atoms with van der Waals surface area (Å²) in [5.74, 6) is 0.638. The van der Waals surface area contributed by atoms with Gasteiger partial charge in [-0.1, -0.05) is 62.4 Å². The minimum atomic E-state index is 0.604. The van der Waals surface area contributed by atoms with Crippen LogP contribution in [0.5, 0.6) is 0 Å². The number of rotatable bonds is 4. The molecule has 0 aromatic heterocycles.